The first kappa shape index (κ1) is 44.2. The van der Waals surface area contributed by atoms with Gasteiger partial charge in [-0.25, -0.2) is 4.57 Å². The second-order valence-corrected chi connectivity index (χ2v) is 23.8. The summed E-state index contributed by atoms with van der Waals surface area (Å²) in [5.74, 6) is 3.72. The van der Waals surface area contributed by atoms with E-state index in [1.54, 1.807) is 0 Å². The quantitative estimate of drug-likeness (QED) is 0.125. The molecule has 4 nitrogen and oxygen atoms in total. The van der Waals surface area contributed by atoms with Crippen LogP contribution in [0.15, 0.2) is 121 Å². The molecule has 0 fully saturated rings. The Bertz CT molecular complexity index is 3550. The van der Waals surface area contributed by atoms with Gasteiger partial charge in [0.05, 0.1) is 18.1 Å². The molecule has 342 valence electrons. The van der Waals surface area contributed by atoms with Crippen LogP contribution in [0.1, 0.15) is 135 Å². The largest absolute Gasteiger partial charge is 0.458 e. The minimum absolute atomic E-state index is 0.00113. The highest BCUT2D eigenvalue weighted by Gasteiger charge is 2.42. The zero-order valence-electron chi connectivity index (χ0n) is 43.0. The zero-order chi connectivity index (χ0) is 48.1. The maximum Gasteiger partial charge on any atom is 0.295 e. The Hall–Kier alpha value is -6.33. The molecule has 0 radical (unpaired) electrons. The van der Waals surface area contributed by atoms with Crippen molar-refractivity contribution in [2.75, 3.05) is 0 Å². The second kappa shape index (κ2) is 15.1. The molecule has 2 aromatic heterocycles. The lowest BCUT2D eigenvalue weighted by molar-refractivity contribution is -0.633. The van der Waals surface area contributed by atoms with E-state index in [0.29, 0.717) is 11.8 Å². The molecule has 5 heteroatoms. The summed E-state index contributed by atoms with van der Waals surface area (Å²) in [4.78, 5) is 0. The van der Waals surface area contributed by atoms with Gasteiger partial charge in [0.25, 0.3) is 12.5 Å². The number of imidazole rings is 1. The summed E-state index contributed by atoms with van der Waals surface area (Å²) >= 11 is 0. The van der Waals surface area contributed by atoms with Crippen molar-refractivity contribution in [1.82, 2.24) is 9.13 Å². The van der Waals surface area contributed by atoms with Crippen LogP contribution in [0.2, 0.25) is 0 Å². The van der Waals surface area contributed by atoms with Crippen LogP contribution in [0.5, 0.6) is 11.5 Å². The number of aryl methyl sites for hydroxylation is 2. The lowest BCUT2D eigenvalue weighted by atomic mass is 9.34. The summed E-state index contributed by atoms with van der Waals surface area (Å²) in [6, 6.07) is 46.9. The average molecular weight is 893 g/mol. The van der Waals surface area contributed by atoms with Gasteiger partial charge >= 0.3 is 0 Å². The maximum atomic E-state index is 7.25. The van der Waals surface area contributed by atoms with Gasteiger partial charge in [0.15, 0.2) is 11.0 Å². The van der Waals surface area contributed by atoms with Crippen molar-refractivity contribution < 1.29 is 9.30 Å². The van der Waals surface area contributed by atoms with Crippen LogP contribution in [0, 0.1) is 6.92 Å². The second-order valence-electron chi connectivity index (χ2n) is 23.8. The third kappa shape index (κ3) is 6.66. The molecule has 2 aliphatic rings. The van der Waals surface area contributed by atoms with E-state index >= 15 is 0 Å². The molecule has 7 aromatic carbocycles. The zero-order valence-corrected chi connectivity index (χ0v) is 43.0. The van der Waals surface area contributed by atoms with Crippen LogP contribution in [-0.4, -0.2) is 15.8 Å². The van der Waals surface area contributed by atoms with Crippen LogP contribution in [-0.2, 0) is 23.3 Å². The minimum Gasteiger partial charge on any atom is -0.458 e. The number of hydrogen-bond acceptors (Lipinski definition) is 1. The summed E-state index contributed by atoms with van der Waals surface area (Å²) in [6.07, 6.45) is 0. The fourth-order valence-corrected chi connectivity index (χ4v) is 11.5. The standard InChI is InChI=1S/C63H67BN3O/c1-36(2)44-21-18-22-45(37(3)4)58(44)67-53-29-39(23-26-52(53)65(15)60(67)46-20-17-16-19-38(46)5)40-30-54-57-56(31-40)68-55-28-25-42(62(9,10)11)34-49(55)64(57)50-35-43(63(12,13)14)33-48-47-32-41(61(6,7)8)24-27-51(47)66(54)59(48)50/h16-37H,1-15H3/q+1. The van der Waals surface area contributed by atoms with Crippen LogP contribution >= 0.6 is 0 Å². The number of benzene rings is 7. The molecule has 0 saturated heterocycles. The van der Waals surface area contributed by atoms with Crippen molar-refractivity contribution in [1.29, 1.82) is 0 Å². The van der Waals surface area contributed by atoms with Crippen molar-refractivity contribution in [3.63, 3.8) is 0 Å². The highest BCUT2D eigenvalue weighted by atomic mass is 16.5. The van der Waals surface area contributed by atoms with Gasteiger partial charge in [0.1, 0.15) is 17.2 Å². The first-order valence-electron chi connectivity index (χ1n) is 25.0. The van der Waals surface area contributed by atoms with Gasteiger partial charge in [-0.05, 0) is 145 Å². The summed E-state index contributed by atoms with van der Waals surface area (Å²) in [6.45, 7) is 32.5. The molecule has 11 rings (SSSR count). The number of ether oxygens (including phenoxy) is 1. The van der Waals surface area contributed by atoms with Crippen LogP contribution < -0.4 is 25.7 Å². The number of rotatable bonds is 5. The molecular formula is C63H67BN3O+. The van der Waals surface area contributed by atoms with Gasteiger partial charge in [0.2, 0.25) is 0 Å². The molecule has 68 heavy (non-hydrogen) atoms. The molecule has 0 bridgehead atoms. The highest BCUT2D eigenvalue weighted by molar-refractivity contribution is 6.99. The number of fused-ring (bicyclic) bond motifs is 8. The van der Waals surface area contributed by atoms with Crippen molar-refractivity contribution in [3.05, 3.63) is 155 Å². The molecule has 9 aromatic rings. The maximum absolute atomic E-state index is 7.25. The Morgan fingerprint density at radius 1 is 0.544 bits per heavy atom. The van der Waals surface area contributed by atoms with E-state index < -0.39 is 0 Å². The highest BCUT2D eigenvalue weighted by Crippen LogP contribution is 2.44. The summed E-state index contributed by atoms with van der Waals surface area (Å²) in [5.41, 5.74) is 22.7. The van der Waals surface area contributed by atoms with Crippen molar-refractivity contribution in [2.24, 2.45) is 7.05 Å². The van der Waals surface area contributed by atoms with E-state index in [4.69, 9.17) is 4.74 Å². The number of aromatic nitrogens is 3. The van der Waals surface area contributed by atoms with Crippen molar-refractivity contribution in [2.45, 2.75) is 125 Å². The van der Waals surface area contributed by atoms with Crippen molar-refractivity contribution >= 4 is 55.9 Å². The molecule has 0 aliphatic carbocycles. The third-order valence-electron chi connectivity index (χ3n) is 15.4. The summed E-state index contributed by atoms with van der Waals surface area (Å²) in [5, 5.41) is 2.63. The Labute approximate surface area is 404 Å². The van der Waals surface area contributed by atoms with Gasteiger partial charge in [0, 0.05) is 33.1 Å². The predicted octanol–water partition coefficient (Wildman–Crippen LogP) is 14.3. The van der Waals surface area contributed by atoms with Crippen LogP contribution in [0.25, 0.3) is 66.7 Å². The average Bonchev–Trinajstić information content (AvgIpc) is 3.77. The molecule has 0 spiro atoms. The summed E-state index contributed by atoms with van der Waals surface area (Å²) < 4.78 is 14.8. The molecular weight excluding hydrogens is 826 g/mol. The van der Waals surface area contributed by atoms with Crippen LogP contribution in [0.4, 0.5) is 0 Å². The molecule has 0 amide bonds. The predicted molar refractivity (Wildman–Crippen MR) is 290 cm³/mol. The van der Waals surface area contributed by atoms with Gasteiger partial charge in [-0.1, -0.05) is 151 Å². The lowest BCUT2D eigenvalue weighted by Gasteiger charge is -2.35. The number of nitrogens with zero attached hydrogens (tertiary/aromatic N) is 3. The molecule has 4 heterocycles. The van der Waals surface area contributed by atoms with Crippen molar-refractivity contribution in [3.8, 4) is 45.4 Å². The molecule has 0 unspecified atom stereocenters. The minimum atomic E-state index is -0.0490. The van der Waals surface area contributed by atoms with E-state index in [1.165, 1.54) is 105 Å². The van der Waals surface area contributed by atoms with Gasteiger partial charge in [-0.3, -0.25) is 0 Å². The van der Waals surface area contributed by atoms with Gasteiger partial charge < -0.3 is 9.30 Å². The SMILES string of the molecule is Cc1ccccc1-c1n(-c2c(C(C)C)cccc2C(C)C)c2cc(-c3cc4c5c(c3)-n3c6ccc(C(C)(C)C)cc6c6cc(C(C)(C)C)cc(c63)B5c3cc(C(C)(C)C)ccc3O4)ccc2[n+]1C. The monoisotopic (exact) mass is 893 g/mol. The van der Waals surface area contributed by atoms with E-state index in [-0.39, 0.29) is 23.0 Å². The molecule has 2 aliphatic heterocycles. The fraction of sp³-hybridized carbons (Fsp3) is 0.317. The Morgan fingerprint density at radius 2 is 1.18 bits per heavy atom. The van der Waals surface area contributed by atoms with Gasteiger partial charge in [-0.15, -0.1) is 0 Å². The third-order valence-corrected chi connectivity index (χ3v) is 15.4. The summed E-state index contributed by atoms with van der Waals surface area (Å²) in [7, 11) is 2.24. The lowest BCUT2D eigenvalue weighted by Crippen LogP contribution is -2.58. The topological polar surface area (TPSA) is 23.0 Å². The normalized spacial score (nSPS) is 13.6. The molecule has 0 atom stereocenters. The fourth-order valence-electron chi connectivity index (χ4n) is 11.5. The van der Waals surface area contributed by atoms with Crippen LogP contribution in [0.3, 0.4) is 0 Å². The number of hydrogen-bond donors (Lipinski definition) is 0. The molecule has 0 saturated carbocycles. The first-order valence-corrected chi connectivity index (χ1v) is 25.0. The first-order chi connectivity index (χ1) is 32.1. The van der Waals surface area contributed by atoms with Gasteiger partial charge in [-0.2, -0.15) is 4.57 Å². The smallest absolute Gasteiger partial charge is 0.295 e. The van der Waals surface area contributed by atoms with E-state index in [2.05, 4.69) is 239 Å². The van der Waals surface area contributed by atoms with E-state index in [0.717, 1.165) is 22.6 Å². The van der Waals surface area contributed by atoms with E-state index in [9.17, 15) is 0 Å². The number of para-hydroxylation sites is 1. The molecule has 0 N–H and O–H groups in total. The Morgan fingerprint density at radius 3 is 1.84 bits per heavy atom. The van der Waals surface area contributed by atoms with E-state index in [1.807, 2.05) is 0 Å². The Balaban J connectivity index is 1.25. The Kier molecular flexibility index (Phi) is 9.81.